The number of aromatic nitrogens is 2. The van der Waals surface area contributed by atoms with E-state index < -0.39 is 0 Å². The molecule has 1 heterocycles. The fraction of sp³-hybridized carbons (Fsp3) is 0.667. The lowest BCUT2D eigenvalue weighted by Crippen LogP contribution is -2.34. The van der Waals surface area contributed by atoms with Crippen molar-refractivity contribution in [3.8, 4) is 0 Å². The first-order valence-electron chi connectivity index (χ1n) is 6.15. The molecule has 1 aliphatic rings. The van der Waals surface area contributed by atoms with E-state index in [0.717, 1.165) is 12.8 Å². The van der Waals surface area contributed by atoms with Gasteiger partial charge in [-0.3, -0.25) is 9.48 Å². The number of anilines is 1. The van der Waals surface area contributed by atoms with Crippen molar-refractivity contribution in [3.05, 3.63) is 11.4 Å². The van der Waals surface area contributed by atoms with Crippen molar-refractivity contribution in [3.63, 3.8) is 0 Å². The largest absolute Gasteiger partial charge is 0.395 e. The molecule has 0 saturated heterocycles. The minimum absolute atomic E-state index is 0.109. The normalized spacial score (nSPS) is 23.3. The molecule has 5 nitrogen and oxygen atoms in total. The van der Waals surface area contributed by atoms with Crippen LogP contribution in [0.25, 0.3) is 0 Å². The van der Waals surface area contributed by atoms with Crippen LogP contribution in [0.5, 0.6) is 0 Å². The quantitative estimate of drug-likeness (QED) is 0.867. The summed E-state index contributed by atoms with van der Waals surface area (Å²) in [6.07, 6.45) is 5.39. The number of amides is 1. The van der Waals surface area contributed by atoms with E-state index in [1.54, 1.807) is 11.7 Å². The minimum atomic E-state index is -0.109. The Bertz CT molecular complexity index is 457. The van der Waals surface area contributed by atoms with Gasteiger partial charge in [0, 0.05) is 18.3 Å². The second-order valence-electron chi connectivity index (χ2n) is 4.81. The molecule has 1 saturated carbocycles. The molecular formula is C12H20N4OS. The molecule has 0 bridgehead atoms. The van der Waals surface area contributed by atoms with Gasteiger partial charge in [-0.2, -0.15) is 16.9 Å². The Morgan fingerprint density at radius 1 is 1.56 bits per heavy atom. The van der Waals surface area contributed by atoms with Gasteiger partial charge >= 0.3 is 0 Å². The smallest absolute Gasteiger partial charge is 0.271 e. The summed E-state index contributed by atoms with van der Waals surface area (Å²) in [4.78, 5) is 12.2. The van der Waals surface area contributed by atoms with Crippen LogP contribution < -0.4 is 11.1 Å². The zero-order chi connectivity index (χ0) is 13.3. The molecule has 2 rings (SSSR count). The molecular weight excluding hydrogens is 248 g/mol. The highest BCUT2D eigenvalue weighted by molar-refractivity contribution is 7.99. The van der Waals surface area contributed by atoms with E-state index in [1.165, 1.54) is 6.42 Å². The van der Waals surface area contributed by atoms with E-state index in [4.69, 9.17) is 5.73 Å². The molecule has 1 aliphatic carbocycles. The lowest BCUT2D eigenvalue weighted by Gasteiger charge is -2.13. The van der Waals surface area contributed by atoms with Crippen molar-refractivity contribution in [2.45, 2.75) is 37.5 Å². The molecule has 100 valence electrons. The van der Waals surface area contributed by atoms with Crippen LogP contribution in [0.4, 0.5) is 5.69 Å². The van der Waals surface area contributed by atoms with E-state index >= 15 is 0 Å². The van der Waals surface area contributed by atoms with E-state index in [9.17, 15) is 4.79 Å². The number of nitrogens with two attached hydrogens (primary N) is 1. The van der Waals surface area contributed by atoms with E-state index in [0.29, 0.717) is 22.3 Å². The molecule has 18 heavy (non-hydrogen) atoms. The molecule has 0 aliphatic heterocycles. The highest BCUT2D eigenvalue weighted by Gasteiger charge is 2.27. The van der Waals surface area contributed by atoms with Crippen LogP contribution >= 0.6 is 11.8 Å². The van der Waals surface area contributed by atoms with Crippen molar-refractivity contribution in [2.24, 2.45) is 7.05 Å². The minimum Gasteiger partial charge on any atom is -0.395 e. The predicted molar refractivity (Wildman–Crippen MR) is 74.8 cm³/mol. The van der Waals surface area contributed by atoms with Gasteiger partial charge in [0.15, 0.2) is 0 Å². The van der Waals surface area contributed by atoms with Crippen LogP contribution in [0.15, 0.2) is 0 Å². The van der Waals surface area contributed by atoms with Crippen LogP contribution in [-0.4, -0.2) is 33.2 Å². The molecule has 1 fully saturated rings. The lowest BCUT2D eigenvalue weighted by atomic mass is 10.2. The summed E-state index contributed by atoms with van der Waals surface area (Å²) in [5.74, 6) is -0.109. The third-order valence-electron chi connectivity index (χ3n) is 3.54. The van der Waals surface area contributed by atoms with Crippen molar-refractivity contribution in [1.82, 2.24) is 15.1 Å². The molecule has 6 heteroatoms. The number of thioether (sulfide) groups is 1. The van der Waals surface area contributed by atoms with Crippen molar-refractivity contribution in [2.75, 3.05) is 12.0 Å². The molecule has 1 aromatic heterocycles. The molecule has 2 unspecified atom stereocenters. The number of carbonyl (C=O) groups excluding carboxylic acids is 1. The average molecular weight is 268 g/mol. The predicted octanol–water partition coefficient (Wildman–Crippen LogP) is 1.32. The molecule has 0 spiro atoms. The standard InChI is InChI=1S/C12H20N4OS/c1-7-10(13)11(16(2)15-7)12(17)14-8-4-5-9(6-8)18-3/h8-9H,4-6,13H2,1-3H3,(H,14,17). The first kappa shape index (κ1) is 13.3. The Hall–Kier alpha value is -1.17. The van der Waals surface area contributed by atoms with Crippen LogP contribution in [0, 0.1) is 6.92 Å². The Morgan fingerprint density at radius 3 is 2.78 bits per heavy atom. The number of nitrogen functional groups attached to an aromatic ring is 1. The molecule has 1 amide bonds. The van der Waals surface area contributed by atoms with Gasteiger partial charge in [-0.25, -0.2) is 0 Å². The van der Waals surface area contributed by atoms with Gasteiger partial charge in [0.25, 0.3) is 5.91 Å². The van der Waals surface area contributed by atoms with Gasteiger partial charge in [0.2, 0.25) is 0 Å². The van der Waals surface area contributed by atoms with Gasteiger partial charge in [0.05, 0.1) is 11.4 Å². The van der Waals surface area contributed by atoms with Gasteiger partial charge in [-0.1, -0.05) is 0 Å². The summed E-state index contributed by atoms with van der Waals surface area (Å²) in [6.45, 7) is 1.81. The van der Waals surface area contributed by atoms with E-state index in [-0.39, 0.29) is 11.9 Å². The second-order valence-corrected chi connectivity index (χ2v) is 5.95. The summed E-state index contributed by atoms with van der Waals surface area (Å²) in [7, 11) is 1.75. The number of rotatable bonds is 3. The monoisotopic (exact) mass is 268 g/mol. The molecule has 0 aromatic carbocycles. The van der Waals surface area contributed by atoms with E-state index in [1.807, 2.05) is 18.7 Å². The maximum absolute atomic E-state index is 12.2. The number of nitrogens with one attached hydrogen (secondary N) is 1. The fourth-order valence-corrected chi connectivity index (χ4v) is 3.28. The van der Waals surface area contributed by atoms with Crippen molar-refractivity contribution >= 4 is 23.4 Å². The summed E-state index contributed by atoms with van der Waals surface area (Å²) in [6, 6.07) is 0.268. The summed E-state index contributed by atoms with van der Waals surface area (Å²) < 4.78 is 1.56. The Labute approximate surface area is 111 Å². The third-order valence-corrected chi connectivity index (χ3v) is 4.63. The highest BCUT2D eigenvalue weighted by Crippen LogP contribution is 2.28. The summed E-state index contributed by atoms with van der Waals surface area (Å²) >= 11 is 1.88. The Morgan fingerprint density at radius 2 is 2.28 bits per heavy atom. The van der Waals surface area contributed by atoms with E-state index in [2.05, 4.69) is 16.7 Å². The van der Waals surface area contributed by atoms with Crippen molar-refractivity contribution in [1.29, 1.82) is 0 Å². The van der Waals surface area contributed by atoms with Gasteiger partial charge in [-0.15, -0.1) is 0 Å². The Kier molecular flexibility index (Phi) is 3.85. The van der Waals surface area contributed by atoms with Gasteiger partial charge < -0.3 is 11.1 Å². The molecule has 3 N–H and O–H groups in total. The number of aryl methyl sites for hydroxylation is 2. The van der Waals surface area contributed by atoms with Crippen LogP contribution in [0.3, 0.4) is 0 Å². The molecule has 1 aromatic rings. The number of carbonyl (C=O) groups is 1. The number of hydrogen-bond acceptors (Lipinski definition) is 4. The Balaban J connectivity index is 2.04. The maximum atomic E-state index is 12.2. The second kappa shape index (κ2) is 5.22. The lowest BCUT2D eigenvalue weighted by molar-refractivity contribution is 0.0929. The topological polar surface area (TPSA) is 72.9 Å². The van der Waals surface area contributed by atoms with Crippen LogP contribution in [0.1, 0.15) is 35.4 Å². The molecule has 0 radical (unpaired) electrons. The number of nitrogens with zero attached hydrogens (tertiary/aromatic N) is 2. The zero-order valence-electron chi connectivity index (χ0n) is 11.1. The van der Waals surface area contributed by atoms with Crippen molar-refractivity contribution < 1.29 is 4.79 Å². The number of hydrogen-bond donors (Lipinski definition) is 2. The summed E-state index contributed by atoms with van der Waals surface area (Å²) in [5, 5.41) is 7.89. The first-order chi connectivity index (χ1) is 8.52. The average Bonchev–Trinajstić information content (AvgIpc) is 2.85. The van der Waals surface area contributed by atoms with Crippen LogP contribution in [0.2, 0.25) is 0 Å². The zero-order valence-corrected chi connectivity index (χ0v) is 11.9. The fourth-order valence-electron chi connectivity index (χ4n) is 2.48. The highest BCUT2D eigenvalue weighted by atomic mass is 32.2. The van der Waals surface area contributed by atoms with Gasteiger partial charge in [0.1, 0.15) is 5.69 Å². The third kappa shape index (κ3) is 2.48. The SMILES string of the molecule is CSC1CCC(NC(=O)c2c(N)c(C)nn2C)C1. The first-order valence-corrected chi connectivity index (χ1v) is 7.44. The maximum Gasteiger partial charge on any atom is 0.271 e. The van der Waals surface area contributed by atoms with Crippen LogP contribution in [-0.2, 0) is 7.05 Å². The summed E-state index contributed by atoms with van der Waals surface area (Å²) in [5.41, 5.74) is 7.54. The molecule has 2 atom stereocenters. The van der Waals surface area contributed by atoms with Gasteiger partial charge in [-0.05, 0) is 32.4 Å².